The summed E-state index contributed by atoms with van der Waals surface area (Å²) in [5, 5.41) is 4.23. The van der Waals surface area contributed by atoms with Crippen molar-refractivity contribution in [2.45, 2.75) is 31.2 Å². The van der Waals surface area contributed by atoms with Crippen LogP contribution >= 0.6 is 0 Å². The summed E-state index contributed by atoms with van der Waals surface area (Å²) in [6.45, 7) is 0.858. The van der Waals surface area contributed by atoms with Crippen LogP contribution in [0.25, 0.3) is 0 Å². The number of rotatable bonds is 4. The Hall–Kier alpha value is -2.30. The number of aryl methyl sites for hydroxylation is 1. The van der Waals surface area contributed by atoms with Crippen molar-refractivity contribution in [3.63, 3.8) is 0 Å². The molecule has 2 aliphatic rings. The maximum atomic E-state index is 13.0. The number of nitrogens with zero attached hydrogens (tertiary/aromatic N) is 3. The molecule has 1 amide bonds. The van der Waals surface area contributed by atoms with E-state index in [9.17, 15) is 4.79 Å². The minimum atomic E-state index is 0.125. The Morgan fingerprint density at radius 2 is 2.21 bits per heavy atom. The molecule has 2 aromatic rings. The number of hydrogen-bond donors (Lipinski definition) is 0. The number of hydrogen-bond acceptors (Lipinski definition) is 3. The molecule has 2 heterocycles. The maximum Gasteiger partial charge on any atom is 0.226 e. The van der Waals surface area contributed by atoms with Gasteiger partial charge in [-0.15, -0.1) is 0 Å². The van der Waals surface area contributed by atoms with Gasteiger partial charge in [0.25, 0.3) is 0 Å². The average molecular weight is 325 g/mol. The van der Waals surface area contributed by atoms with E-state index in [1.807, 2.05) is 36.3 Å². The molecule has 24 heavy (non-hydrogen) atoms. The van der Waals surface area contributed by atoms with Gasteiger partial charge >= 0.3 is 0 Å². The smallest absolute Gasteiger partial charge is 0.226 e. The zero-order chi connectivity index (χ0) is 16.7. The Morgan fingerprint density at radius 3 is 2.96 bits per heavy atom. The van der Waals surface area contributed by atoms with E-state index in [1.54, 1.807) is 7.11 Å². The minimum absolute atomic E-state index is 0.125. The van der Waals surface area contributed by atoms with E-state index in [2.05, 4.69) is 22.1 Å². The van der Waals surface area contributed by atoms with Gasteiger partial charge in [0.05, 0.1) is 19.3 Å². The summed E-state index contributed by atoms with van der Waals surface area (Å²) in [7, 11) is 3.60. The number of benzene rings is 1. The van der Waals surface area contributed by atoms with E-state index in [4.69, 9.17) is 4.74 Å². The molecule has 0 unspecified atom stereocenters. The first-order valence-electron chi connectivity index (χ1n) is 8.60. The first kappa shape index (κ1) is 15.2. The van der Waals surface area contributed by atoms with Gasteiger partial charge in [0.15, 0.2) is 0 Å². The van der Waals surface area contributed by atoms with Crippen LogP contribution in [0.3, 0.4) is 0 Å². The molecule has 1 saturated carbocycles. The van der Waals surface area contributed by atoms with Crippen molar-refractivity contribution in [1.29, 1.82) is 0 Å². The van der Waals surface area contributed by atoms with Crippen LogP contribution in [0.1, 0.15) is 42.3 Å². The quantitative estimate of drug-likeness (QED) is 0.868. The molecule has 1 saturated heterocycles. The Balaban J connectivity index is 1.50. The molecular formula is C19H23N3O2. The van der Waals surface area contributed by atoms with Gasteiger partial charge in [0.2, 0.25) is 5.91 Å². The molecular weight excluding hydrogens is 302 g/mol. The first-order chi connectivity index (χ1) is 11.7. The van der Waals surface area contributed by atoms with E-state index in [-0.39, 0.29) is 12.0 Å². The van der Waals surface area contributed by atoms with Gasteiger partial charge in [0.1, 0.15) is 5.75 Å². The van der Waals surface area contributed by atoms with Gasteiger partial charge in [0, 0.05) is 25.7 Å². The molecule has 0 bridgehead atoms. The minimum Gasteiger partial charge on any atom is -0.497 e. The number of methoxy groups -OCH3 is 1. The van der Waals surface area contributed by atoms with Crippen molar-refractivity contribution >= 4 is 5.91 Å². The largest absolute Gasteiger partial charge is 0.497 e. The van der Waals surface area contributed by atoms with Crippen molar-refractivity contribution in [1.82, 2.24) is 14.7 Å². The summed E-state index contributed by atoms with van der Waals surface area (Å²) in [6.07, 6.45) is 6.97. The fourth-order valence-corrected chi connectivity index (χ4v) is 3.91. The van der Waals surface area contributed by atoms with Crippen molar-refractivity contribution < 1.29 is 9.53 Å². The number of likely N-dealkylation sites (tertiary alicyclic amines) is 1. The lowest BCUT2D eigenvalue weighted by atomic mass is 10.0. The normalized spacial score (nSPS) is 25.8. The Labute approximate surface area is 142 Å². The third-order valence-electron chi connectivity index (χ3n) is 5.28. The topological polar surface area (TPSA) is 47.4 Å². The lowest BCUT2D eigenvalue weighted by Gasteiger charge is -2.25. The zero-order valence-corrected chi connectivity index (χ0v) is 14.2. The van der Waals surface area contributed by atoms with Crippen molar-refractivity contribution in [2.24, 2.45) is 13.0 Å². The van der Waals surface area contributed by atoms with Gasteiger partial charge in [-0.2, -0.15) is 5.10 Å². The van der Waals surface area contributed by atoms with Crippen LogP contribution in [0.15, 0.2) is 36.7 Å². The average Bonchev–Trinajstić information content (AvgIpc) is 3.03. The van der Waals surface area contributed by atoms with Gasteiger partial charge in [-0.3, -0.25) is 9.48 Å². The second-order valence-corrected chi connectivity index (χ2v) is 6.86. The molecule has 126 valence electrons. The maximum absolute atomic E-state index is 13.0. The van der Waals surface area contributed by atoms with E-state index < -0.39 is 0 Å². The lowest BCUT2D eigenvalue weighted by Crippen LogP contribution is -2.32. The molecule has 1 aliphatic heterocycles. The summed E-state index contributed by atoms with van der Waals surface area (Å²) < 4.78 is 7.14. The number of carbonyl (C=O) groups is 1. The van der Waals surface area contributed by atoms with Crippen LogP contribution in [0, 0.1) is 5.92 Å². The predicted octanol–water partition coefficient (Wildman–Crippen LogP) is 2.90. The Morgan fingerprint density at radius 1 is 1.33 bits per heavy atom. The third kappa shape index (κ3) is 2.68. The summed E-state index contributed by atoms with van der Waals surface area (Å²) in [5.41, 5.74) is 2.37. The summed E-state index contributed by atoms with van der Waals surface area (Å²) in [4.78, 5) is 15.1. The standard InChI is InChI=1S/C19H23N3O2/c1-21-12-14(11-20-21)16-10-17(16)19(23)22-8-4-7-18(22)13-5-3-6-15(9-13)24-2/h3,5-6,9,11-12,16-18H,4,7-8,10H2,1-2H3/t16-,17-,18-/m0/s1. The fraction of sp³-hybridized carbons (Fsp3) is 0.474. The predicted molar refractivity (Wildman–Crippen MR) is 90.7 cm³/mol. The van der Waals surface area contributed by atoms with Crippen molar-refractivity contribution in [3.05, 3.63) is 47.8 Å². The zero-order valence-electron chi connectivity index (χ0n) is 14.2. The monoisotopic (exact) mass is 325 g/mol. The third-order valence-corrected chi connectivity index (χ3v) is 5.28. The summed E-state index contributed by atoms with van der Waals surface area (Å²) in [6, 6.07) is 8.29. The highest BCUT2D eigenvalue weighted by molar-refractivity contribution is 5.83. The molecule has 1 aromatic carbocycles. The van der Waals surface area contributed by atoms with E-state index in [1.165, 1.54) is 11.1 Å². The molecule has 3 atom stereocenters. The van der Waals surface area contributed by atoms with Gasteiger partial charge in [-0.25, -0.2) is 0 Å². The molecule has 4 rings (SSSR count). The van der Waals surface area contributed by atoms with Crippen molar-refractivity contribution in [3.8, 4) is 5.75 Å². The summed E-state index contributed by atoms with van der Waals surface area (Å²) >= 11 is 0. The van der Waals surface area contributed by atoms with E-state index >= 15 is 0 Å². The molecule has 0 radical (unpaired) electrons. The molecule has 5 nitrogen and oxygen atoms in total. The molecule has 0 N–H and O–H groups in total. The molecule has 5 heteroatoms. The van der Waals surface area contributed by atoms with Gasteiger partial charge in [-0.05, 0) is 48.4 Å². The van der Waals surface area contributed by atoms with Crippen molar-refractivity contribution in [2.75, 3.05) is 13.7 Å². The van der Waals surface area contributed by atoms with Crippen LogP contribution in [-0.4, -0.2) is 34.2 Å². The summed E-state index contributed by atoms with van der Waals surface area (Å²) in [5.74, 6) is 1.62. The Kier molecular flexibility index (Phi) is 3.79. The van der Waals surface area contributed by atoms with Crippen LogP contribution in [0.2, 0.25) is 0 Å². The van der Waals surface area contributed by atoms with E-state index in [0.29, 0.717) is 11.8 Å². The number of aromatic nitrogens is 2. The number of ether oxygens (including phenoxy) is 1. The highest BCUT2D eigenvalue weighted by Crippen LogP contribution is 2.50. The molecule has 1 aliphatic carbocycles. The van der Waals surface area contributed by atoms with Crippen LogP contribution in [0.4, 0.5) is 0 Å². The van der Waals surface area contributed by atoms with Crippen LogP contribution in [-0.2, 0) is 11.8 Å². The SMILES string of the molecule is COc1cccc([C@@H]2CCCN2C(=O)[C@H]2C[C@H]2c2cnn(C)c2)c1. The number of amides is 1. The second-order valence-electron chi connectivity index (χ2n) is 6.86. The molecule has 2 fully saturated rings. The highest BCUT2D eigenvalue weighted by Gasteiger charge is 2.48. The van der Waals surface area contributed by atoms with Gasteiger partial charge in [-0.1, -0.05) is 12.1 Å². The number of carbonyl (C=O) groups excluding carboxylic acids is 1. The van der Waals surface area contributed by atoms with E-state index in [0.717, 1.165) is 31.6 Å². The molecule has 1 aromatic heterocycles. The highest BCUT2D eigenvalue weighted by atomic mass is 16.5. The second kappa shape index (κ2) is 5.96. The first-order valence-corrected chi connectivity index (χ1v) is 8.60. The molecule has 0 spiro atoms. The Bertz CT molecular complexity index is 755. The van der Waals surface area contributed by atoms with Crippen LogP contribution < -0.4 is 4.74 Å². The fourth-order valence-electron chi connectivity index (χ4n) is 3.91. The van der Waals surface area contributed by atoms with Gasteiger partial charge < -0.3 is 9.64 Å². The lowest BCUT2D eigenvalue weighted by molar-refractivity contribution is -0.133. The van der Waals surface area contributed by atoms with Crippen LogP contribution in [0.5, 0.6) is 5.75 Å².